The number of nitrogens with one attached hydrogen (secondary N) is 3. The van der Waals surface area contributed by atoms with Crippen LogP contribution in [0.25, 0.3) is 0 Å². The molecule has 0 radical (unpaired) electrons. The molecule has 2 aromatic rings. The Morgan fingerprint density at radius 3 is 2.61 bits per heavy atom. The summed E-state index contributed by atoms with van der Waals surface area (Å²) >= 11 is 0. The molecule has 0 aromatic heterocycles. The summed E-state index contributed by atoms with van der Waals surface area (Å²) < 4.78 is 43.7. The SMILES string of the molecule is CCNC(=NCc1ccc(C(F)(F)F)cc1)NCCOc1ccc2c(c1)CCC(=O)N2. The lowest BCUT2D eigenvalue weighted by molar-refractivity contribution is -0.137. The second-order valence-electron chi connectivity index (χ2n) is 7.03. The number of carbonyl (C=O) groups excluding carboxylic acids is 1. The first-order valence-electron chi connectivity index (χ1n) is 10.1. The molecular formula is C22H25F3N4O2. The lowest BCUT2D eigenvalue weighted by atomic mass is 10.0. The Bertz CT molecular complexity index is 927. The summed E-state index contributed by atoms with van der Waals surface area (Å²) in [5, 5.41) is 9.07. The standard InChI is InChI=1S/C22H25F3N4O2/c1-2-26-21(28-14-15-3-6-17(7-4-15)22(23,24)25)27-11-12-31-18-8-9-19-16(13-18)5-10-20(30)29-19/h3-4,6-9,13H,2,5,10-12,14H2,1H3,(H,29,30)(H2,26,27,28). The average Bonchev–Trinajstić information content (AvgIpc) is 2.74. The van der Waals surface area contributed by atoms with E-state index in [1.165, 1.54) is 12.1 Å². The molecule has 3 rings (SSSR count). The summed E-state index contributed by atoms with van der Waals surface area (Å²) in [6.07, 6.45) is -3.18. The van der Waals surface area contributed by atoms with Crippen molar-refractivity contribution in [1.82, 2.24) is 10.6 Å². The number of aryl methyl sites for hydroxylation is 1. The van der Waals surface area contributed by atoms with Crippen molar-refractivity contribution < 1.29 is 22.7 Å². The maximum absolute atomic E-state index is 12.7. The molecule has 166 valence electrons. The summed E-state index contributed by atoms with van der Waals surface area (Å²) in [5.74, 6) is 1.31. The van der Waals surface area contributed by atoms with Crippen LogP contribution in [0.15, 0.2) is 47.5 Å². The van der Waals surface area contributed by atoms with Gasteiger partial charge in [0.2, 0.25) is 5.91 Å². The number of fused-ring (bicyclic) bond motifs is 1. The molecule has 0 saturated heterocycles. The predicted molar refractivity (Wildman–Crippen MR) is 113 cm³/mol. The summed E-state index contributed by atoms with van der Waals surface area (Å²) in [6, 6.07) is 10.6. The fourth-order valence-corrected chi connectivity index (χ4v) is 3.10. The van der Waals surface area contributed by atoms with Crippen molar-refractivity contribution in [2.24, 2.45) is 4.99 Å². The second kappa shape index (κ2) is 10.2. The molecule has 0 unspecified atom stereocenters. The van der Waals surface area contributed by atoms with Crippen LogP contribution >= 0.6 is 0 Å². The number of aliphatic imine (C=N–C) groups is 1. The van der Waals surface area contributed by atoms with Crippen LogP contribution in [0.1, 0.15) is 30.0 Å². The number of hydrogen-bond donors (Lipinski definition) is 3. The minimum Gasteiger partial charge on any atom is -0.492 e. The van der Waals surface area contributed by atoms with Gasteiger partial charge in [0.1, 0.15) is 12.4 Å². The van der Waals surface area contributed by atoms with Crippen LogP contribution in [-0.4, -0.2) is 31.6 Å². The Labute approximate surface area is 178 Å². The maximum Gasteiger partial charge on any atom is 0.416 e. The van der Waals surface area contributed by atoms with Crippen LogP contribution in [0.4, 0.5) is 18.9 Å². The summed E-state index contributed by atoms with van der Waals surface area (Å²) in [4.78, 5) is 15.8. The molecule has 6 nitrogen and oxygen atoms in total. The van der Waals surface area contributed by atoms with E-state index < -0.39 is 11.7 Å². The highest BCUT2D eigenvalue weighted by Gasteiger charge is 2.29. The van der Waals surface area contributed by atoms with Crippen molar-refractivity contribution in [3.8, 4) is 5.75 Å². The van der Waals surface area contributed by atoms with Crippen LogP contribution in [0, 0.1) is 0 Å². The molecule has 0 atom stereocenters. The molecule has 9 heteroatoms. The molecule has 0 bridgehead atoms. The number of alkyl halides is 3. The summed E-state index contributed by atoms with van der Waals surface area (Å²) in [6.45, 7) is 3.72. The molecular weight excluding hydrogens is 409 g/mol. The van der Waals surface area contributed by atoms with Gasteiger partial charge < -0.3 is 20.7 Å². The third kappa shape index (κ3) is 6.63. The molecule has 0 aliphatic carbocycles. The highest BCUT2D eigenvalue weighted by molar-refractivity contribution is 5.94. The van der Waals surface area contributed by atoms with Gasteiger partial charge in [0.05, 0.1) is 18.7 Å². The van der Waals surface area contributed by atoms with Crippen molar-refractivity contribution in [3.05, 3.63) is 59.2 Å². The van der Waals surface area contributed by atoms with Gasteiger partial charge in [-0.2, -0.15) is 13.2 Å². The van der Waals surface area contributed by atoms with Crippen LogP contribution in [0.3, 0.4) is 0 Å². The van der Waals surface area contributed by atoms with Crippen LogP contribution < -0.4 is 20.7 Å². The molecule has 0 spiro atoms. The Hall–Kier alpha value is -3.23. The number of ether oxygens (including phenoxy) is 1. The van der Waals surface area contributed by atoms with Crippen LogP contribution in [0.2, 0.25) is 0 Å². The number of amides is 1. The van der Waals surface area contributed by atoms with Gasteiger partial charge in [-0.25, -0.2) is 4.99 Å². The van der Waals surface area contributed by atoms with E-state index in [2.05, 4.69) is 20.9 Å². The first-order chi connectivity index (χ1) is 14.8. The molecule has 1 heterocycles. The van der Waals surface area contributed by atoms with E-state index in [0.717, 1.165) is 29.1 Å². The lowest BCUT2D eigenvalue weighted by Crippen LogP contribution is -2.39. The minimum atomic E-state index is -4.34. The third-order valence-electron chi connectivity index (χ3n) is 4.68. The number of guanidine groups is 1. The van der Waals surface area contributed by atoms with E-state index in [9.17, 15) is 18.0 Å². The van der Waals surface area contributed by atoms with Crippen LogP contribution in [-0.2, 0) is 23.9 Å². The molecule has 0 fully saturated rings. The van der Waals surface area contributed by atoms with Gasteiger partial charge in [-0.05, 0) is 54.8 Å². The molecule has 1 aliphatic rings. The van der Waals surface area contributed by atoms with Crippen molar-refractivity contribution in [1.29, 1.82) is 0 Å². The third-order valence-corrected chi connectivity index (χ3v) is 4.68. The summed E-state index contributed by atoms with van der Waals surface area (Å²) in [7, 11) is 0. The number of hydrogen-bond acceptors (Lipinski definition) is 3. The van der Waals surface area contributed by atoms with E-state index in [-0.39, 0.29) is 12.5 Å². The normalized spacial score (nSPS) is 13.9. The second-order valence-corrected chi connectivity index (χ2v) is 7.03. The number of rotatable bonds is 7. The summed E-state index contributed by atoms with van der Waals surface area (Å²) in [5.41, 5.74) is 1.89. The van der Waals surface area contributed by atoms with E-state index in [0.29, 0.717) is 44.1 Å². The monoisotopic (exact) mass is 434 g/mol. The maximum atomic E-state index is 12.7. The number of benzene rings is 2. The van der Waals surface area contributed by atoms with Gasteiger partial charge in [0.25, 0.3) is 0 Å². The average molecular weight is 434 g/mol. The Morgan fingerprint density at radius 1 is 1.13 bits per heavy atom. The van der Waals surface area contributed by atoms with E-state index in [1.54, 1.807) is 0 Å². The van der Waals surface area contributed by atoms with Gasteiger partial charge >= 0.3 is 6.18 Å². The quantitative estimate of drug-likeness (QED) is 0.353. The molecule has 2 aromatic carbocycles. The highest BCUT2D eigenvalue weighted by atomic mass is 19.4. The fourth-order valence-electron chi connectivity index (χ4n) is 3.10. The number of halogens is 3. The minimum absolute atomic E-state index is 0.0249. The number of nitrogens with zero attached hydrogens (tertiary/aromatic N) is 1. The van der Waals surface area contributed by atoms with Crippen molar-refractivity contribution in [2.45, 2.75) is 32.5 Å². The molecule has 0 saturated carbocycles. The number of carbonyl (C=O) groups is 1. The van der Waals surface area contributed by atoms with Gasteiger partial charge in [-0.15, -0.1) is 0 Å². The zero-order valence-corrected chi connectivity index (χ0v) is 17.2. The molecule has 3 N–H and O–H groups in total. The first kappa shape index (κ1) is 22.5. The largest absolute Gasteiger partial charge is 0.492 e. The predicted octanol–water partition coefficient (Wildman–Crippen LogP) is 3.72. The van der Waals surface area contributed by atoms with Gasteiger partial charge in [-0.3, -0.25) is 4.79 Å². The lowest BCUT2D eigenvalue weighted by Gasteiger charge is -2.18. The molecule has 31 heavy (non-hydrogen) atoms. The Balaban J connectivity index is 1.48. The van der Waals surface area contributed by atoms with Gasteiger partial charge in [0.15, 0.2) is 5.96 Å². The van der Waals surface area contributed by atoms with Crippen molar-refractivity contribution in [3.63, 3.8) is 0 Å². The first-order valence-corrected chi connectivity index (χ1v) is 10.1. The van der Waals surface area contributed by atoms with Crippen LogP contribution in [0.5, 0.6) is 5.75 Å². The topological polar surface area (TPSA) is 74.8 Å². The number of anilines is 1. The molecule has 1 amide bonds. The Morgan fingerprint density at radius 2 is 1.90 bits per heavy atom. The smallest absolute Gasteiger partial charge is 0.416 e. The highest BCUT2D eigenvalue weighted by Crippen LogP contribution is 2.29. The van der Waals surface area contributed by atoms with Gasteiger partial charge in [-0.1, -0.05) is 12.1 Å². The Kier molecular flexibility index (Phi) is 7.38. The molecule has 1 aliphatic heterocycles. The fraction of sp³-hybridized carbons (Fsp3) is 0.364. The van der Waals surface area contributed by atoms with E-state index >= 15 is 0 Å². The van der Waals surface area contributed by atoms with E-state index in [1.807, 2.05) is 25.1 Å². The van der Waals surface area contributed by atoms with Crippen molar-refractivity contribution >= 4 is 17.6 Å². The van der Waals surface area contributed by atoms with E-state index in [4.69, 9.17) is 4.74 Å². The van der Waals surface area contributed by atoms with Crippen molar-refractivity contribution in [2.75, 3.05) is 25.0 Å². The zero-order valence-electron chi connectivity index (χ0n) is 17.2. The zero-order chi connectivity index (χ0) is 22.3. The van der Waals surface area contributed by atoms with Gasteiger partial charge in [0, 0.05) is 18.7 Å².